The van der Waals surface area contributed by atoms with Crippen molar-refractivity contribution in [2.45, 2.75) is 258 Å². The van der Waals surface area contributed by atoms with Crippen LogP contribution in [0, 0.1) is 0 Å². The van der Waals surface area contributed by atoms with Gasteiger partial charge in [-0.05, 0) is 141 Å². The van der Waals surface area contributed by atoms with Gasteiger partial charge >= 0.3 is 17.9 Å². The highest BCUT2D eigenvalue weighted by atomic mass is 16.6. The number of allylic oxidation sites excluding steroid dienone is 32. The summed E-state index contributed by atoms with van der Waals surface area (Å²) in [5, 5.41) is 0. The summed E-state index contributed by atoms with van der Waals surface area (Å²) in [5.74, 6) is -1.01. The van der Waals surface area contributed by atoms with E-state index in [9.17, 15) is 14.4 Å². The molecule has 6 heteroatoms. The van der Waals surface area contributed by atoms with Crippen molar-refractivity contribution >= 4 is 17.9 Å². The van der Waals surface area contributed by atoms with Crippen LogP contribution in [0.1, 0.15) is 252 Å². The van der Waals surface area contributed by atoms with Gasteiger partial charge in [-0.25, -0.2) is 0 Å². The van der Waals surface area contributed by atoms with E-state index in [1.807, 2.05) is 0 Å². The summed E-state index contributed by atoms with van der Waals surface area (Å²) in [4.78, 5) is 38.2. The highest BCUT2D eigenvalue weighted by Gasteiger charge is 2.19. The summed E-state index contributed by atoms with van der Waals surface area (Å²) in [5.41, 5.74) is 0. The molecule has 0 aliphatic heterocycles. The molecule has 0 bridgehead atoms. The Hall–Kier alpha value is -5.75. The molecule has 0 aromatic rings. The predicted molar refractivity (Wildman–Crippen MR) is 361 cm³/mol. The number of carbonyl (C=O) groups is 3. The van der Waals surface area contributed by atoms with Crippen molar-refractivity contribution in [3.05, 3.63) is 194 Å². The molecule has 0 amide bonds. The Balaban J connectivity index is 4.42. The molecule has 0 aliphatic rings. The van der Waals surface area contributed by atoms with E-state index in [4.69, 9.17) is 14.2 Å². The minimum Gasteiger partial charge on any atom is -0.462 e. The number of esters is 3. The fourth-order valence-electron chi connectivity index (χ4n) is 8.25. The first-order valence-electron chi connectivity index (χ1n) is 32.9. The smallest absolute Gasteiger partial charge is 0.306 e. The van der Waals surface area contributed by atoms with Gasteiger partial charge in [-0.15, -0.1) is 0 Å². The molecule has 0 rings (SSSR count). The maximum Gasteiger partial charge on any atom is 0.306 e. The molecule has 0 aromatic heterocycles. The molecular weight excluding hydrogens is 1020 g/mol. The molecule has 1 atom stereocenters. The Morgan fingerprint density at radius 1 is 0.253 bits per heavy atom. The van der Waals surface area contributed by atoms with Crippen molar-refractivity contribution in [1.29, 1.82) is 0 Å². The predicted octanol–water partition coefficient (Wildman–Crippen LogP) is 23.0. The average molecular weight is 1140 g/mol. The summed E-state index contributed by atoms with van der Waals surface area (Å²) in [7, 11) is 0. The van der Waals surface area contributed by atoms with Gasteiger partial charge in [0.2, 0.25) is 0 Å². The van der Waals surface area contributed by atoms with E-state index in [0.29, 0.717) is 12.8 Å². The van der Waals surface area contributed by atoms with Crippen LogP contribution >= 0.6 is 0 Å². The zero-order valence-corrected chi connectivity index (χ0v) is 52.9. The number of rotatable bonds is 57. The first kappa shape index (κ1) is 77.2. The topological polar surface area (TPSA) is 78.9 Å². The normalized spacial score (nSPS) is 13.4. The van der Waals surface area contributed by atoms with Crippen LogP contribution < -0.4 is 0 Å². The SMILES string of the molecule is CC/C=C\C/C=C\C/C=C\C/C=C\C/C=C\C/C=C\C/C=C\C/C=C\C/C=C\CCCC(=O)OCC(COC(=O)CCCCCCCCCCC)OC(=O)CCCCCCC/C=C\C/C=C\C/C=C\C/C=C\C/C=C\C/C=C\C/C=C\CC. The molecule has 0 fully saturated rings. The Morgan fingerprint density at radius 3 is 0.783 bits per heavy atom. The fraction of sp³-hybridized carbons (Fsp3) is 0.545. The Bertz CT molecular complexity index is 1990. The molecule has 1 unspecified atom stereocenters. The summed E-state index contributed by atoms with van der Waals surface area (Å²) >= 11 is 0. The largest absolute Gasteiger partial charge is 0.462 e. The number of hydrogen-bond donors (Lipinski definition) is 0. The van der Waals surface area contributed by atoms with Crippen LogP contribution in [-0.4, -0.2) is 37.2 Å². The molecule has 0 aliphatic carbocycles. The van der Waals surface area contributed by atoms with E-state index in [1.165, 1.54) is 38.5 Å². The monoisotopic (exact) mass is 1140 g/mol. The number of carbonyl (C=O) groups excluding carboxylic acids is 3. The van der Waals surface area contributed by atoms with Crippen molar-refractivity contribution in [1.82, 2.24) is 0 Å². The highest BCUT2D eigenvalue weighted by molar-refractivity contribution is 5.71. The zero-order valence-electron chi connectivity index (χ0n) is 52.9. The zero-order chi connectivity index (χ0) is 59.9. The molecule has 0 heterocycles. The molecule has 0 radical (unpaired) electrons. The fourth-order valence-corrected chi connectivity index (χ4v) is 8.25. The van der Waals surface area contributed by atoms with E-state index in [0.717, 1.165) is 167 Å². The van der Waals surface area contributed by atoms with E-state index >= 15 is 0 Å². The third kappa shape index (κ3) is 66.9. The highest BCUT2D eigenvalue weighted by Crippen LogP contribution is 2.13. The van der Waals surface area contributed by atoms with Crippen molar-refractivity contribution in [3.63, 3.8) is 0 Å². The maximum absolute atomic E-state index is 12.9. The lowest BCUT2D eigenvalue weighted by atomic mass is 10.1. The Morgan fingerprint density at radius 2 is 0.482 bits per heavy atom. The second kappa shape index (κ2) is 68.7. The van der Waals surface area contributed by atoms with Gasteiger partial charge in [0, 0.05) is 19.3 Å². The third-order valence-corrected chi connectivity index (χ3v) is 13.1. The van der Waals surface area contributed by atoms with Crippen molar-refractivity contribution in [3.8, 4) is 0 Å². The minimum absolute atomic E-state index is 0.113. The van der Waals surface area contributed by atoms with Crippen LogP contribution in [-0.2, 0) is 28.6 Å². The van der Waals surface area contributed by atoms with Crippen LogP contribution in [0.5, 0.6) is 0 Å². The molecule has 462 valence electrons. The molecule has 0 N–H and O–H groups in total. The third-order valence-electron chi connectivity index (χ3n) is 13.1. The second-order valence-corrected chi connectivity index (χ2v) is 20.9. The van der Waals surface area contributed by atoms with Crippen LogP contribution in [0.3, 0.4) is 0 Å². The summed E-state index contributed by atoms with van der Waals surface area (Å²) < 4.78 is 16.8. The number of ether oxygens (including phenoxy) is 3. The van der Waals surface area contributed by atoms with E-state index in [1.54, 1.807) is 0 Å². The number of unbranched alkanes of at least 4 members (excludes halogenated alkanes) is 14. The van der Waals surface area contributed by atoms with Crippen LogP contribution in [0.4, 0.5) is 0 Å². The lowest BCUT2D eigenvalue weighted by Gasteiger charge is -2.18. The standard InChI is InChI=1S/C77H118O6/c1-4-7-10-13-16-19-21-23-25-27-29-31-33-35-37-38-40-41-43-45-47-49-51-53-55-58-61-64-67-70-76(79)82-73-74(72-81-75(78)69-66-63-60-57-18-15-12-9-6-3)83-77(80)71-68-65-62-59-56-54-52-50-48-46-44-42-39-36-34-32-30-28-26-24-22-20-17-14-11-8-5-2/h7-8,10-11,16-17,19-20,23-26,29-32,35-37,39-41,44-47,50-53,58,61,74H,4-6,9,12-15,18,21-22,27-28,33-34,38,42-43,48-49,54-57,59-60,62-73H2,1-3H3/b10-7-,11-8-,19-16-,20-17-,25-23-,26-24-,31-29-,32-30-,37-35-,39-36-,41-40-,46-44-,47-45-,52-50-,53-51-,61-58-. The van der Waals surface area contributed by atoms with Gasteiger partial charge in [-0.1, -0.05) is 286 Å². The minimum atomic E-state index is -0.823. The maximum atomic E-state index is 12.9. The van der Waals surface area contributed by atoms with E-state index in [2.05, 4.69) is 215 Å². The number of hydrogen-bond acceptors (Lipinski definition) is 6. The lowest BCUT2D eigenvalue weighted by molar-refractivity contribution is -0.167. The lowest BCUT2D eigenvalue weighted by Crippen LogP contribution is -2.30. The Kier molecular flexibility index (Phi) is 64.0. The first-order valence-corrected chi connectivity index (χ1v) is 32.9. The molecule has 83 heavy (non-hydrogen) atoms. The van der Waals surface area contributed by atoms with Gasteiger partial charge in [0.05, 0.1) is 0 Å². The van der Waals surface area contributed by atoms with Crippen molar-refractivity contribution in [2.24, 2.45) is 0 Å². The molecular formula is C77H118O6. The van der Waals surface area contributed by atoms with Crippen LogP contribution in [0.25, 0.3) is 0 Å². The molecule has 0 aromatic carbocycles. The molecule has 0 saturated carbocycles. The second-order valence-electron chi connectivity index (χ2n) is 20.9. The average Bonchev–Trinajstić information content (AvgIpc) is 3.49. The quantitative estimate of drug-likeness (QED) is 0.0261. The van der Waals surface area contributed by atoms with Gasteiger partial charge in [-0.3, -0.25) is 14.4 Å². The molecule has 0 saturated heterocycles. The van der Waals surface area contributed by atoms with E-state index in [-0.39, 0.29) is 44.0 Å². The van der Waals surface area contributed by atoms with Crippen molar-refractivity contribution in [2.75, 3.05) is 13.2 Å². The van der Waals surface area contributed by atoms with Crippen LogP contribution in [0.15, 0.2) is 194 Å². The summed E-state index contributed by atoms with van der Waals surface area (Å²) in [6.07, 6.45) is 105. The van der Waals surface area contributed by atoms with Gasteiger partial charge in [0.15, 0.2) is 6.10 Å². The van der Waals surface area contributed by atoms with Gasteiger partial charge < -0.3 is 14.2 Å². The Labute approximate surface area is 509 Å². The van der Waals surface area contributed by atoms with Gasteiger partial charge in [0.25, 0.3) is 0 Å². The molecule has 6 nitrogen and oxygen atoms in total. The van der Waals surface area contributed by atoms with Crippen LogP contribution in [0.2, 0.25) is 0 Å². The first-order chi connectivity index (χ1) is 41.0. The van der Waals surface area contributed by atoms with Crippen molar-refractivity contribution < 1.29 is 28.6 Å². The van der Waals surface area contributed by atoms with E-state index < -0.39 is 6.10 Å². The van der Waals surface area contributed by atoms with Gasteiger partial charge in [-0.2, -0.15) is 0 Å². The van der Waals surface area contributed by atoms with Gasteiger partial charge in [0.1, 0.15) is 13.2 Å². The summed E-state index contributed by atoms with van der Waals surface area (Å²) in [6.45, 7) is 6.31. The molecule has 0 spiro atoms. The summed E-state index contributed by atoms with van der Waals surface area (Å²) in [6, 6.07) is 0.